The van der Waals surface area contributed by atoms with Crippen LogP contribution in [-0.2, 0) is 4.74 Å². The van der Waals surface area contributed by atoms with Gasteiger partial charge in [-0.3, -0.25) is 0 Å². The molecule has 1 aromatic rings. The summed E-state index contributed by atoms with van der Waals surface area (Å²) in [6, 6.07) is 0. The number of aryl methyl sites for hydroxylation is 1. The van der Waals surface area contributed by atoms with Gasteiger partial charge in [-0.1, -0.05) is 13.8 Å². The highest BCUT2D eigenvalue weighted by atomic mass is 16.5. The summed E-state index contributed by atoms with van der Waals surface area (Å²) in [5.41, 5.74) is 7.88. The molecule has 1 atom stereocenters. The van der Waals surface area contributed by atoms with Crippen LogP contribution in [0.25, 0.3) is 0 Å². The summed E-state index contributed by atoms with van der Waals surface area (Å²) in [4.78, 5) is 8.68. The van der Waals surface area contributed by atoms with Crippen LogP contribution in [0.4, 0.5) is 5.82 Å². The van der Waals surface area contributed by atoms with Crippen molar-refractivity contribution in [1.29, 1.82) is 0 Å². The van der Waals surface area contributed by atoms with E-state index in [0.29, 0.717) is 17.6 Å². The van der Waals surface area contributed by atoms with Crippen molar-refractivity contribution in [2.24, 2.45) is 0 Å². The van der Waals surface area contributed by atoms with Crippen molar-refractivity contribution in [3.63, 3.8) is 0 Å². The Hall–Kier alpha value is -1.16. The van der Waals surface area contributed by atoms with Crippen molar-refractivity contribution >= 4 is 5.82 Å². The van der Waals surface area contributed by atoms with Crippen LogP contribution < -0.4 is 5.73 Å². The van der Waals surface area contributed by atoms with E-state index in [9.17, 15) is 0 Å². The van der Waals surface area contributed by atoms with Gasteiger partial charge >= 0.3 is 0 Å². The van der Waals surface area contributed by atoms with Gasteiger partial charge in [0.1, 0.15) is 11.9 Å². The van der Waals surface area contributed by atoms with Gasteiger partial charge in [-0.25, -0.2) is 9.97 Å². The van der Waals surface area contributed by atoms with Crippen LogP contribution in [0, 0.1) is 6.92 Å². The van der Waals surface area contributed by atoms with Gasteiger partial charge in [-0.05, 0) is 19.8 Å². The molecule has 0 amide bonds. The minimum Gasteiger partial charge on any atom is -0.383 e. The number of methoxy groups -OCH3 is 1. The number of rotatable bonds is 3. The molecule has 4 heteroatoms. The maximum Gasteiger partial charge on any atom is 0.159 e. The molecule has 4 nitrogen and oxygen atoms in total. The van der Waals surface area contributed by atoms with E-state index in [4.69, 9.17) is 10.5 Å². The predicted molar refractivity (Wildman–Crippen MR) is 60.7 cm³/mol. The summed E-state index contributed by atoms with van der Waals surface area (Å²) in [5.74, 6) is 1.56. The van der Waals surface area contributed by atoms with E-state index >= 15 is 0 Å². The summed E-state index contributed by atoms with van der Waals surface area (Å²) in [6.45, 7) is 8.03. The molecule has 0 saturated heterocycles. The lowest BCUT2D eigenvalue weighted by molar-refractivity contribution is 0.112. The van der Waals surface area contributed by atoms with Gasteiger partial charge in [-0.15, -0.1) is 0 Å². The zero-order valence-corrected chi connectivity index (χ0v) is 10.0. The van der Waals surface area contributed by atoms with Crippen molar-refractivity contribution in [2.75, 3.05) is 12.8 Å². The Morgan fingerprint density at radius 3 is 2.20 bits per heavy atom. The molecule has 15 heavy (non-hydrogen) atoms. The van der Waals surface area contributed by atoms with E-state index in [2.05, 4.69) is 23.8 Å². The van der Waals surface area contributed by atoms with Crippen molar-refractivity contribution in [1.82, 2.24) is 9.97 Å². The average Bonchev–Trinajstić information content (AvgIpc) is 2.14. The Bertz CT molecular complexity index is 327. The van der Waals surface area contributed by atoms with Crippen molar-refractivity contribution in [3.8, 4) is 0 Å². The van der Waals surface area contributed by atoms with Crippen LogP contribution in [0.2, 0.25) is 0 Å². The third-order valence-electron chi connectivity index (χ3n) is 2.48. The zero-order valence-electron chi connectivity index (χ0n) is 10.0. The molecule has 1 heterocycles. The van der Waals surface area contributed by atoms with E-state index in [0.717, 1.165) is 11.3 Å². The number of nitrogens with two attached hydrogens (primary N) is 1. The monoisotopic (exact) mass is 209 g/mol. The van der Waals surface area contributed by atoms with Gasteiger partial charge in [0.05, 0.1) is 0 Å². The molecule has 0 spiro atoms. The van der Waals surface area contributed by atoms with E-state index in [-0.39, 0.29) is 6.10 Å². The lowest BCUT2D eigenvalue weighted by atomic mass is 10.0. The van der Waals surface area contributed by atoms with Crippen molar-refractivity contribution in [2.45, 2.75) is 39.7 Å². The van der Waals surface area contributed by atoms with Crippen LogP contribution in [0.5, 0.6) is 0 Å². The van der Waals surface area contributed by atoms with E-state index in [1.165, 1.54) is 0 Å². The fourth-order valence-corrected chi connectivity index (χ4v) is 1.63. The fourth-order valence-electron chi connectivity index (χ4n) is 1.63. The molecule has 1 unspecified atom stereocenters. The van der Waals surface area contributed by atoms with Crippen molar-refractivity contribution < 1.29 is 4.74 Å². The Balaban J connectivity index is 3.19. The quantitative estimate of drug-likeness (QED) is 0.829. The lowest BCUT2D eigenvalue weighted by Crippen LogP contribution is -2.11. The summed E-state index contributed by atoms with van der Waals surface area (Å²) in [6.07, 6.45) is -0.118. The topological polar surface area (TPSA) is 61.0 Å². The molecule has 0 aliphatic rings. The summed E-state index contributed by atoms with van der Waals surface area (Å²) in [7, 11) is 1.63. The third kappa shape index (κ3) is 2.45. The minimum absolute atomic E-state index is 0.118. The molecule has 0 bridgehead atoms. The van der Waals surface area contributed by atoms with E-state index < -0.39 is 0 Å². The molecular formula is C11H19N3O. The summed E-state index contributed by atoms with van der Waals surface area (Å²) >= 11 is 0. The molecule has 0 aliphatic heterocycles. The molecule has 1 rings (SSSR count). The molecule has 84 valence electrons. The van der Waals surface area contributed by atoms with Gasteiger partial charge in [0.2, 0.25) is 0 Å². The Morgan fingerprint density at radius 2 is 1.80 bits per heavy atom. The normalized spacial score (nSPS) is 13.2. The number of nitrogen functional groups attached to an aromatic ring is 1. The number of hydrogen-bond acceptors (Lipinski definition) is 4. The lowest BCUT2D eigenvalue weighted by Gasteiger charge is -2.15. The summed E-state index contributed by atoms with van der Waals surface area (Å²) < 4.78 is 5.17. The first-order valence-electron chi connectivity index (χ1n) is 5.14. The molecule has 0 aromatic carbocycles. The largest absolute Gasteiger partial charge is 0.383 e. The first kappa shape index (κ1) is 11.9. The molecule has 2 N–H and O–H groups in total. The van der Waals surface area contributed by atoms with Gasteiger partial charge in [0.15, 0.2) is 5.82 Å². The fraction of sp³-hybridized carbons (Fsp3) is 0.636. The van der Waals surface area contributed by atoms with E-state index in [1.807, 2.05) is 13.8 Å². The molecule has 0 aliphatic carbocycles. The standard InChI is InChI=1S/C11H19N3O/c1-6(2)9-7(3)13-11(8(4)15-5)14-10(9)12/h6,8H,1-5H3,(H2,12,13,14). The van der Waals surface area contributed by atoms with Gasteiger partial charge in [0.25, 0.3) is 0 Å². The van der Waals surface area contributed by atoms with Gasteiger partial charge in [-0.2, -0.15) is 0 Å². The van der Waals surface area contributed by atoms with Gasteiger partial charge in [0, 0.05) is 18.4 Å². The number of nitrogens with zero attached hydrogens (tertiary/aromatic N) is 2. The number of hydrogen-bond donors (Lipinski definition) is 1. The molecule has 1 aromatic heterocycles. The summed E-state index contributed by atoms with van der Waals surface area (Å²) in [5, 5.41) is 0. The van der Waals surface area contributed by atoms with Crippen LogP contribution >= 0.6 is 0 Å². The Kier molecular flexibility index (Phi) is 3.63. The van der Waals surface area contributed by atoms with Gasteiger partial charge < -0.3 is 10.5 Å². The highest BCUT2D eigenvalue weighted by molar-refractivity contribution is 5.44. The second kappa shape index (κ2) is 4.57. The first-order valence-corrected chi connectivity index (χ1v) is 5.14. The maximum atomic E-state index is 5.91. The second-order valence-electron chi connectivity index (χ2n) is 4.00. The molecule has 0 saturated carbocycles. The van der Waals surface area contributed by atoms with Crippen LogP contribution in [0.1, 0.15) is 49.9 Å². The van der Waals surface area contributed by atoms with Crippen molar-refractivity contribution in [3.05, 3.63) is 17.1 Å². The number of aromatic nitrogens is 2. The van der Waals surface area contributed by atoms with E-state index in [1.54, 1.807) is 7.11 Å². The smallest absolute Gasteiger partial charge is 0.159 e. The van der Waals surface area contributed by atoms with Crippen LogP contribution in [0.15, 0.2) is 0 Å². The SMILES string of the molecule is COC(C)c1nc(C)c(C(C)C)c(N)n1. The zero-order chi connectivity index (χ0) is 11.6. The molecule has 0 fully saturated rings. The molecule has 0 radical (unpaired) electrons. The van der Waals surface area contributed by atoms with Crippen LogP contribution in [0.3, 0.4) is 0 Å². The third-order valence-corrected chi connectivity index (χ3v) is 2.48. The number of anilines is 1. The Labute approximate surface area is 90.9 Å². The predicted octanol–water partition coefficient (Wildman–Crippen LogP) is 2.20. The number of ether oxygens (including phenoxy) is 1. The first-order chi connectivity index (χ1) is 6.97. The molecular weight excluding hydrogens is 190 g/mol. The van der Waals surface area contributed by atoms with Crippen LogP contribution in [-0.4, -0.2) is 17.1 Å². The maximum absolute atomic E-state index is 5.91. The average molecular weight is 209 g/mol. The second-order valence-corrected chi connectivity index (χ2v) is 4.00. The Morgan fingerprint density at radius 1 is 1.20 bits per heavy atom. The minimum atomic E-state index is -0.118. The highest BCUT2D eigenvalue weighted by Gasteiger charge is 2.15. The highest BCUT2D eigenvalue weighted by Crippen LogP contribution is 2.24.